The molecule has 20 heavy (non-hydrogen) atoms. The number of methoxy groups -OCH3 is 1. The number of hydrogen-bond acceptors (Lipinski definition) is 2. The minimum Gasteiger partial charge on any atom is -0.496 e. The quantitative estimate of drug-likeness (QED) is 0.827. The maximum atomic E-state index is 11.9. The summed E-state index contributed by atoms with van der Waals surface area (Å²) in [7, 11) is 1.64. The van der Waals surface area contributed by atoms with Crippen molar-refractivity contribution in [2.45, 2.75) is 46.6 Å². The monoisotopic (exact) mass is 278 g/mol. The van der Waals surface area contributed by atoms with Crippen LogP contribution in [0.3, 0.4) is 0 Å². The number of hydrogen-bond donors (Lipinski definition) is 2. The van der Waals surface area contributed by atoms with Crippen molar-refractivity contribution in [2.24, 2.45) is 5.92 Å². The number of urea groups is 1. The second-order valence-electron chi connectivity index (χ2n) is 5.66. The average molecular weight is 278 g/mol. The molecule has 0 saturated carbocycles. The van der Waals surface area contributed by atoms with Crippen LogP contribution in [0.25, 0.3) is 0 Å². The molecule has 2 amide bonds. The zero-order valence-corrected chi connectivity index (χ0v) is 13.1. The first-order valence-electron chi connectivity index (χ1n) is 7.14. The fourth-order valence-corrected chi connectivity index (χ4v) is 2.00. The molecule has 0 bridgehead atoms. The lowest BCUT2D eigenvalue weighted by atomic mass is 10.0. The topological polar surface area (TPSA) is 50.4 Å². The Kier molecular flexibility index (Phi) is 6.36. The molecule has 0 radical (unpaired) electrons. The molecule has 1 aromatic carbocycles. The third-order valence-electron chi connectivity index (χ3n) is 3.21. The molecule has 0 heterocycles. The molecule has 0 fully saturated rings. The van der Waals surface area contributed by atoms with Crippen LogP contribution in [0.2, 0.25) is 0 Å². The third kappa shape index (κ3) is 5.51. The van der Waals surface area contributed by atoms with Crippen LogP contribution >= 0.6 is 0 Å². The molecule has 1 aromatic rings. The summed E-state index contributed by atoms with van der Waals surface area (Å²) < 4.78 is 5.20. The SMILES string of the molecule is COc1ccc(NC(=O)NC(C)CCC(C)C)cc1C. The zero-order valence-electron chi connectivity index (χ0n) is 13.1. The lowest BCUT2D eigenvalue weighted by molar-refractivity contribution is 0.248. The van der Waals surface area contributed by atoms with Gasteiger partial charge >= 0.3 is 6.03 Å². The van der Waals surface area contributed by atoms with E-state index in [2.05, 4.69) is 24.5 Å². The Morgan fingerprint density at radius 1 is 1.25 bits per heavy atom. The summed E-state index contributed by atoms with van der Waals surface area (Å²) in [6.07, 6.45) is 2.11. The lowest BCUT2D eigenvalue weighted by Gasteiger charge is -2.16. The highest BCUT2D eigenvalue weighted by atomic mass is 16.5. The molecule has 0 aromatic heterocycles. The molecular weight excluding hydrogens is 252 g/mol. The Hall–Kier alpha value is -1.71. The van der Waals surface area contributed by atoms with E-state index in [0.717, 1.165) is 29.8 Å². The smallest absolute Gasteiger partial charge is 0.319 e. The van der Waals surface area contributed by atoms with Crippen molar-refractivity contribution >= 4 is 11.7 Å². The molecule has 2 N–H and O–H groups in total. The maximum absolute atomic E-state index is 11.9. The van der Waals surface area contributed by atoms with Gasteiger partial charge in [-0.05, 0) is 56.4 Å². The minimum absolute atomic E-state index is 0.161. The molecule has 0 saturated heterocycles. The van der Waals surface area contributed by atoms with Crippen LogP contribution in [0, 0.1) is 12.8 Å². The largest absolute Gasteiger partial charge is 0.496 e. The predicted molar refractivity (Wildman–Crippen MR) is 83.4 cm³/mol. The maximum Gasteiger partial charge on any atom is 0.319 e. The van der Waals surface area contributed by atoms with Gasteiger partial charge in [-0.15, -0.1) is 0 Å². The second-order valence-corrected chi connectivity index (χ2v) is 5.66. The summed E-state index contributed by atoms with van der Waals surface area (Å²) >= 11 is 0. The van der Waals surface area contributed by atoms with E-state index in [1.807, 2.05) is 32.0 Å². The standard InChI is InChI=1S/C16H26N2O2/c1-11(2)6-7-13(4)17-16(19)18-14-8-9-15(20-5)12(3)10-14/h8-11,13H,6-7H2,1-5H3,(H2,17,18,19). The third-order valence-corrected chi connectivity index (χ3v) is 3.21. The molecule has 4 heteroatoms. The number of rotatable bonds is 6. The number of aryl methyl sites for hydroxylation is 1. The molecule has 0 aliphatic rings. The van der Waals surface area contributed by atoms with Crippen LogP contribution in [0.1, 0.15) is 39.2 Å². The van der Waals surface area contributed by atoms with Crippen LogP contribution in [0.4, 0.5) is 10.5 Å². The van der Waals surface area contributed by atoms with Gasteiger partial charge in [0.1, 0.15) is 5.75 Å². The Balaban J connectivity index is 2.47. The molecule has 1 atom stereocenters. The van der Waals surface area contributed by atoms with Crippen LogP contribution in [0.15, 0.2) is 18.2 Å². The van der Waals surface area contributed by atoms with E-state index in [1.54, 1.807) is 7.11 Å². The zero-order chi connectivity index (χ0) is 15.1. The Bertz CT molecular complexity index is 444. The Morgan fingerprint density at radius 2 is 1.95 bits per heavy atom. The van der Waals surface area contributed by atoms with Gasteiger partial charge in [-0.1, -0.05) is 13.8 Å². The van der Waals surface area contributed by atoms with Crippen LogP contribution in [-0.2, 0) is 0 Å². The Labute approximate surface area is 121 Å². The van der Waals surface area contributed by atoms with Crippen molar-refractivity contribution in [2.75, 3.05) is 12.4 Å². The van der Waals surface area contributed by atoms with Crippen LogP contribution < -0.4 is 15.4 Å². The van der Waals surface area contributed by atoms with E-state index in [-0.39, 0.29) is 12.1 Å². The van der Waals surface area contributed by atoms with E-state index >= 15 is 0 Å². The summed E-state index contributed by atoms with van der Waals surface area (Å²) in [6, 6.07) is 5.61. The fraction of sp³-hybridized carbons (Fsp3) is 0.562. The minimum atomic E-state index is -0.161. The number of carbonyl (C=O) groups is 1. The first-order chi connectivity index (χ1) is 9.42. The van der Waals surface area contributed by atoms with E-state index in [0.29, 0.717) is 5.92 Å². The fourth-order valence-electron chi connectivity index (χ4n) is 2.00. The van der Waals surface area contributed by atoms with Gasteiger partial charge < -0.3 is 15.4 Å². The van der Waals surface area contributed by atoms with Crippen molar-refractivity contribution in [1.82, 2.24) is 5.32 Å². The number of benzene rings is 1. The van der Waals surface area contributed by atoms with E-state index in [9.17, 15) is 4.79 Å². The van der Waals surface area contributed by atoms with Gasteiger partial charge in [0.25, 0.3) is 0 Å². The molecule has 1 rings (SSSR count). The molecule has 0 spiro atoms. The van der Waals surface area contributed by atoms with Crippen LogP contribution in [-0.4, -0.2) is 19.2 Å². The number of amides is 2. The van der Waals surface area contributed by atoms with Crippen molar-refractivity contribution in [3.8, 4) is 5.75 Å². The van der Waals surface area contributed by atoms with Crippen molar-refractivity contribution in [1.29, 1.82) is 0 Å². The number of carbonyl (C=O) groups excluding carboxylic acids is 1. The summed E-state index contributed by atoms with van der Waals surface area (Å²) in [5.74, 6) is 1.48. The Morgan fingerprint density at radius 3 is 2.50 bits per heavy atom. The predicted octanol–water partition coefficient (Wildman–Crippen LogP) is 3.95. The average Bonchev–Trinajstić information content (AvgIpc) is 2.36. The number of nitrogens with one attached hydrogen (secondary N) is 2. The number of anilines is 1. The molecule has 0 aliphatic carbocycles. The summed E-state index contributed by atoms with van der Waals surface area (Å²) in [5, 5.41) is 5.80. The van der Waals surface area contributed by atoms with Gasteiger partial charge in [0.15, 0.2) is 0 Å². The second kappa shape index (κ2) is 7.78. The van der Waals surface area contributed by atoms with Gasteiger partial charge in [0.05, 0.1) is 7.11 Å². The highest BCUT2D eigenvalue weighted by Gasteiger charge is 2.09. The molecule has 1 unspecified atom stereocenters. The summed E-state index contributed by atoms with van der Waals surface area (Å²) in [4.78, 5) is 11.9. The lowest BCUT2D eigenvalue weighted by Crippen LogP contribution is -2.36. The summed E-state index contributed by atoms with van der Waals surface area (Å²) in [6.45, 7) is 8.36. The van der Waals surface area contributed by atoms with Crippen LogP contribution in [0.5, 0.6) is 5.75 Å². The van der Waals surface area contributed by atoms with Gasteiger partial charge in [-0.3, -0.25) is 0 Å². The van der Waals surface area contributed by atoms with Gasteiger partial charge in [0, 0.05) is 11.7 Å². The molecular formula is C16H26N2O2. The normalized spacial score (nSPS) is 12.1. The highest BCUT2D eigenvalue weighted by Crippen LogP contribution is 2.21. The molecule has 0 aliphatic heterocycles. The van der Waals surface area contributed by atoms with E-state index in [4.69, 9.17) is 4.74 Å². The first-order valence-corrected chi connectivity index (χ1v) is 7.14. The molecule has 4 nitrogen and oxygen atoms in total. The van der Waals surface area contributed by atoms with Crippen molar-refractivity contribution in [3.05, 3.63) is 23.8 Å². The van der Waals surface area contributed by atoms with Crippen molar-refractivity contribution < 1.29 is 9.53 Å². The first kappa shape index (κ1) is 16.3. The van der Waals surface area contributed by atoms with Gasteiger partial charge in [-0.25, -0.2) is 4.79 Å². The van der Waals surface area contributed by atoms with Gasteiger partial charge in [-0.2, -0.15) is 0 Å². The highest BCUT2D eigenvalue weighted by molar-refractivity contribution is 5.89. The summed E-state index contributed by atoms with van der Waals surface area (Å²) in [5.41, 5.74) is 1.77. The van der Waals surface area contributed by atoms with E-state index < -0.39 is 0 Å². The van der Waals surface area contributed by atoms with Crippen molar-refractivity contribution in [3.63, 3.8) is 0 Å². The van der Waals surface area contributed by atoms with E-state index in [1.165, 1.54) is 0 Å². The number of ether oxygens (including phenoxy) is 1. The molecule has 112 valence electrons. The van der Waals surface area contributed by atoms with Gasteiger partial charge in [0.2, 0.25) is 0 Å².